The summed E-state index contributed by atoms with van der Waals surface area (Å²) in [6.45, 7) is 5.10. The first-order chi connectivity index (χ1) is 6.69. The number of nitrogens with zero attached hydrogens (tertiary/aromatic N) is 1. The van der Waals surface area contributed by atoms with E-state index in [0.717, 1.165) is 22.5 Å². The number of ether oxygens (including phenoxy) is 1. The van der Waals surface area contributed by atoms with E-state index in [0.29, 0.717) is 0 Å². The molecule has 1 aromatic rings. The number of halogens is 2. The Morgan fingerprint density at radius 3 is 2.73 bits per heavy atom. The summed E-state index contributed by atoms with van der Waals surface area (Å²) in [5.41, 5.74) is 1.01. The Morgan fingerprint density at radius 1 is 1.60 bits per heavy atom. The zero-order chi connectivity index (χ0) is 10.6. The molecule has 3 nitrogen and oxygen atoms in total. The van der Waals surface area contributed by atoms with Crippen LogP contribution in [0.2, 0.25) is 0 Å². The van der Waals surface area contributed by atoms with Gasteiger partial charge in [0.05, 0.1) is 23.5 Å². The summed E-state index contributed by atoms with van der Waals surface area (Å²) in [7, 11) is 1.63. The van der Waals surface area contributed by atoms with Gasteiger partial charge in [0.25, 0.3) is 0 Å². The lowest BCUT2D eigenvalue weighted by Gasteiger charge is -2.12. The highest BCUT2D eigenvalue weighted by Crippen LogP contribution is 2.25. The number of aromatic nitrogens is 1. The monoisotopic (exact) mass is 294 g/mol. The molecule has 86 valence electrons. The van der Waals surface area contributed by atoms with Gasteiger partial charge in [-0.2, -0.15) is 0 Å². The van der Waals surface area contributed by atoms with Crippen LogP contribution in [0.5, 0.6) is 5.75 Å². The van der Waals surface area contributed by atoms with Crippen LogP contribution in [0.1, 0.15) is 25.6 Å². The molecule has 1 atom stereocenters. The Kier molecular flexibility index (Phi) is 6.89. The van der Waals surface area contributed by atoms with E-state index in [2.05, 4.69) is 40.1 Å². The molecule has 0 amide bonds. The lowest BCUT2D eigenvalue weighted by Crippen LogP contribution is -2.18. The average Bonchev–Trinajstić information content (AvgIpc) is 2.18. The molecule has 0 aliphatic carbocycles. The topological polar surface area (TPSA) is 34.1 Å². The number of nitrogens with one attached hydrogen (secondary N) is 1. The third kappa shape index (κ3) is 3.97. The van der Waals surface area contributed by atoms with E-state index in [1.165, 1.54) is 0 Å². The smallest absolute Gasteiger partial charge is 0.151 e. The van der Waals surface area contributed by atoms with Crippen LogP contribution in [0.3, 0.4) is 0 Å². The maximum atomic E-state index is 5.11. The van der Waals surface area contributed by atoms with Gasteiger partial charge >= 0.3 is 0 Å². The van der Waals surface area contributed by atoms with Gasteiger partial charge in [-0.05, 0) is 35.5 Å². The molecule has 1 N–H and O–H groups in total. The standard InChI is InChI=1S/C10H15BrN2O.ClH/c1-4-12-7(2)9-5-8(11)10(14-3)6-13-9;/h5-7,12H,4H2,1-3H3;1H/t7-;/m1./s1. The molecule has 0 spiro atoms. The minimum atomic E-state index is 0. The van der Waals surface area contributed by atoms with Crippen LogP contribution in [-0.2, 0) is 0 Å². The van der Waals surface area contributed by atoms with Gasteiger partial charge in [0, 0.05) is 6.04 Å². The van der Waals surface area contributed by atoms with Crippen LogP contribution in [0.15, 0.2) is 16.7 Å². The highest BCUT2D eigenvalue weighted by atomic mass is 79.9. The number of hydrogen-bond donors (Lipinski definition) is 1. The Balaban J connectivity index is 0.00000196. The van der Waals surface area contributed by atoms with Crippen molar-refractivity contribution in [1.29, 1.82) is 0 Å². The molecule has 15 heavy (non-hydrogen) atoms. The largest absolute Gasteiger partial charge is 0.494 e. The third-order valence-electron chi connectivity index (χ3n) is 2.01. The van der Waals surface area contributed by atoms with E-state index in [1.54, 1.807) is 13.3 Å². The summed E-state index contributed by atoms with van der Waals surface area (Å²) in [5.74, 6) is 0.762. The van der Waals surface area contributed by atoms with E-state index in [-0.39, 0.29) is 18.4 Å². The van der Waals surface area contributed by atoms with E-state index in [1.807, 2.05) is 6.07 Å². The van der Waals surface area contributed by atoms with Gasteiger partial charge < -0.3 is 10.1 Å². The summed E-state index contributed by atoms with van der Waals surface area (Å²) in [6.07, 6.45) is 1.73. The second-order valence-electron chi connectivity index (χ2n) is 3.02. The van der Waals surface area contributed by atoms with Gasteiger partial charge in [-0.15, -0.1) is 12.4 Å². The lowest BCUT2D eigenvalue weighted by atomic mass is 10.2. The molecule has 1 aromatic heterocycles. The van der Waals surface area contributed by atoms with Crippen LogP contribution in [0.4, 0.5) is 0 Å². The predicted octanol–water partition coefficient (Wildman–Crippen LogP) is 2.95. The predicted molar refractivity (Wildman–Crippen MR) is 67.8 cm³/mol. The molecule has 0 aliphatic rings. The van der Waals surface area contributed by atoms with Crippen molar-refractivity contribution in [3.8, 4) is 5.75 Å². The van der Waals surface area contributed by atoms with Crippen molar-refractivity contribution in [2.45, 2.75) is 19.9 Å². The maximum absolute atomic E-state index is 5.11. The van der Waals surface area contributed by atoms with Crippen molar-refractivity contribution in [3.05, 3.63) is 22.4 Å². The van der Waals surface area contributed by atoms with E-state index in [9.17, 15) is 0 Å². The first-order valence-electron chi connectivity index (χ1n) is 4.61. The maximum Gasteiger partial charge on any atom is 0.151 e. The first kappa shape index (κ1) is 14.7. The molecule has 0 bridgehead atoms. The minimum absolute atomic E-state index is 0. The van der Waals surface area contributed by atoms with E-state index < -0.39 is 0 Å². The van der Waals surface area contributed by atoms with Gasteiger partial charge in [-0.3, -0.25) is 4.98 Å². The highest BCUT2D eigenvalue weighted by molar-refractivity contribution is 9.10. The summed E-state index contributed by atoms with van der Waals surface area (Å²) >= 11 is 3.43. The molecule has 0 radical (unpaired) electrons. The van der Waals surface area contributed by atoms with E-state index in [4.69, 9.17) is 4.74 Å². The van der Waals surface area contributed by atoms with Crippen molar-refractivity contribution in [2.75, 3.05) is 13.7 Å². The number of pyridine rings is 1. The summed E-state index contributed by atoms with van der Waals surface area (Å²) in [4.78, 5) is 4.31. The Bertz CT molecular complexity index is 309. The molecule has 0 saturated carbocycles. The molecule has 0 saturated heterocycles. The summed E-state index contributed by atoms with van der Waals surface area (Å²) < 4.78 is 6.05. The fourth-order valence-corrected chi connectivity index (χ4v) is 1.73. The quantitative estimate of drug-likeness (QED) is 0.927. The van der Waals surface area contributed by atoms with Crippen LogP contribution < -0.4 is 10.1 Å². The third-order valence-corrected chi connectivity index (χ3v) is 2.63. The molecule has 0 aromatic carbocycles. The number of methoxy groups -OCH3 is 1. The molecule has 5 heteroatoms. The van der Waals surface area contributed by atoms with Gasteiger partial charge in [-0.25, -0.2) is 0 Å². The minimum Gasteiger partial charge on any atom is -0.494 e. The van der Waals surface area contributed by atoms with Gasteiger partial charge in [0.15, 0.2) is 5.75 Å². The van der Waals surface area contributed by atoms with Crippen LogP contribution in [0, 0.1) is 0 Å². The van der Waals surface area contributed by atoms with Gasteiger partial charge in [-0.1, -0.05) is 6.92 Å². The summed E-state index contributed by atoms with van der Waals surface area (Å²) in [6, 6.07) is 2.24. The average molecular weight is 296 g/mol. The zero-order valence-corrected chi connectivity index (χ0v) is 11.5. The summed E-state index contributed by atoms with van der Waals surface area (Å²) in [5, 5.41) is 3.30. The Morgan fingerprint density at radius 2 is 2.27 bits per heavy atom. The van der Waals surface area contributed by atoms with Crippen molar-refractivity contribution < 1.29 is 4.74 Å². The number of rotatable bonds is 4. The fourth-order valence-electron chi connectivity index (χ4n) is 1.23. The second-order valence-corrected chi connectivity index (χ2v) is 3.88. The van der Waals surface area contributed by atoms with Crippen molar-refractivity contribution in [2.24, 2.45) is 0 Å². The van der Waals surface area contributed by atoms with Crippen LogP contribution in [0.25, 0.3) is 0 Å². The number of hydrogen-bond acceptors (Lipinski definition) is 3. The highest BCUT2D eigenvalue weighted by Gasteiger charge is 2.08. The SMILES string of the molecule is CCN[C@H](C)c1cc(Br)c(OC)cn1.Cl. The van der Waals surface area contributed by atoms with Crippen LogP contribution >= 0.6 is 28.3 Å². The molecule has 0 fully saturated rings. The Hall–Kier alpha value is -0.320. The zero-order valence-electron chi connectivity index (χ0n) is 9.08. The molecular weight excluding hydrogens is 279 g/mol. The Labute approximate surface area is 105 Å². The van der Waals surface area contributed by atoms with Crippen molar-refractivity contribution in [3.63, 3.8) is 0 Å². The van der Waals surface area contributed by atoms with Crippen LogP contribution in [-0.4, -0.2) is 18.6 Å². The van der Waals surface area contributed by atoms with Crippen molar-refractivity contribution in [1.82, 2.24) is 10.3 Å². The second kappa shape index (κ2) is 7.04. The fraction of sp³-hybridized carbons (Fsp3) is 0.500. The molecule has 0 unspecified atom stereocenters. The first-order valence-corrected chi connectivity index (χ1v) is 5.41. The lowest BCUT2D eigenvalue weighted by molar-refractivity contribution is 0.409. The van der Waals surface area contributed by atoms with Gasteiger partial charge in [0.2, 0.25) is 0 Å². The molecule has 1 heterocycles. The van der Waals surface area contributed by atoms with E-state index >= 15 is 0 Å². The van der Waals surface area contributed by atoms with Crippen molar-refractivity contribution >= 4 is 28.3 Å². The van der Waals surface area contributed by atoms with Gasteiger partial charge in [0.1, 0.15) is 0 Å². The molecule has 0 aliphatic heterocycles. The molecular formula is C10H16BrClN2O. The molecule has 1 rings (SSSR count). The normalized spacial score (nSPS) is 11.7.